The summed E-state index contributed by atoms with van der Waals surface area (Å²) in [6.45, 7) is 13.7. The van der Waals surface area contributed by atoms with E-state index in [1.807, 2.05) is 0 Å². The van der Waals surface area contributed by atoms with Crippen LogP contribution in [-0.2, 0) is 17.8 Å². The number of aliphatic hydroxyl groups excluding tert-OH is 1. The SMILES string of the molecule is CCNC(=NCc1cccc(CN2CCOCC2)c1)NCC(CCO)CC(C)C. The van der Waals surface area contributed by atoms with Gasteiger partial charge in [0, 0.05) is 39.3 Å². The third-order valence-electron chi connectivity index (χ3n) is 5.17. The first-order chi connectivity index (χ1) is 14.1. The summed E-state index contributed by atoms with van der Waals surface area (Å²) in [6, 6.07) is 8.72. The summed E-state index contributed by atoms with van der Waals surface area (Å²) in [5.41, 5.74) is 2.56. The van der Waals surface area contributed by atoms with Crippen LogP contribution in [0.25, 0.3) is 0 Å². The summed E-state index contributed by atoms with van der Waals surface area (Å²) >= 11 is 0. The smallest absolute Gasteiger partial charge is 0.191 e. The van der Waals surface area contributed by atoms with Gasteiger partial charge in [0.1, 0.15) is 0 Å². The van der Waals surface area contributed by atoms with Crippen LogP contribution >= 0.6 is 0 Å². The average molecular weight is 405 g/mol. The third-order valence-corrected chi connectivity index (χ3v) is 5.17. The van der Waals surface area contributed by atoms with Crippen molar-refractivity contribution >= 4 is 5.96 Å². The van der Waals surface area contributed by atoms with Gasteiger partial charge in [0.2, 0.25) is 0 Å². The van der Waals surface area contributed by atoms with Crippen LogP contribution in [0.1, 0.15) is 44.7 Å². The lowest BCUT2D eigenvalue weighted by molar-refractivity contribution is 0.0342. The summed E-state index contributed by atoms with van der Waals surface area (Å²) < 4.78 is 5.44. The standard InChI is InChI=1S/C23H40N4O2/c1-4-24-23(26-17-21(8-11-28)14-19(2)3)25-16-20-6-5-7-22(15-20)18-27-9-12-29-13-10-27/h5-7,15,19,21,28H,4,8-14,16-18H2,1-3H3,(H2,24,25,26). The fourth-order valence-electron chi connectivity index (χ4n) is 3.75. The molecule has 6 nitrogen and oxygen atoms in total. The Bertz CT molecular complexity index is 600. The quantitative estimate of drug-likeness (QED) is 0.391. The Hall–Kier alpha value is -1.63. The third kappa shape index (κ3) is 9.61. The van der Waals surface area contributed by atoms with Crippen LogP contribution in [0.3, 0.4) is 0 Å². The van der Waals surface area contributed by atoms with Crippen molar-refractivity contribution in [1.82, 2.24) is 15.5 Å². The monoisotopic (exact) mass is 404 g/mol. The fourth-order valence-corrected chi connectivity index (χ4v) is 3.75. The van der Waals surface area contributed by atoms with Gasteiger partial charge in [-0.2, -0.15) is 0 Å². The largest absolute Gasteiger partial charge is 0.396 e. The molecule has 1 aromatic rings. The van der Waals surface area contributed by atoms with E-state index in [4.69, 9.17) is 9.73 Å². The second-order valence-electron chi connectivity index (χ2n) is 8.29. The first-order valence-electron chi connectivity index (χ1n) is 11.1. The molecule has 1 aliphatic heterocycles. The second kappa shape index (κ2) is 13.6. The van der Waals surface area contributed by atoms with E-state index >= 15 is 0 Å². The maximum absolute atomic E-state index is 9.33. The summed E-state index contributed by atoms with van der Waals surface area (Å²) in [5.74, 6) is 1.93. The number of hydrogen-bond donors (Lipinski definition) is 3. The van der Waals surface area contributed by atoms with Crippen LogP contribution in [0.2, 0.25) is 0 Å². The van der Waals surface area contributed by atoms with Crippen molar-refractivity contribution in [2.45, 2.75) is 46.7 Å². The van der Waals surface area contributed by atoms with Gasteiger partial charge in [0.15, 0.2) is 5.96 Å². The molecule has 0 spiro atoms. The number of guanidine groups is 1. The van der Waals surface area contributed by atoms with Gasteiger partial charge in [-0.15, -0.1) is 0 Å². The molecule has 0 aromatic heterocycles. The molecule has 164 valence electrons. The van der Waals surface area contributed by atoms with E-state index in [0.717, 1.165) is 64.7 Å². The van der Waals surface area contributed by atoms with Crippen molar-refractivity contribution in [3.05, 3.63) is 35.4 Å². The van der Waals surface area contributed by atoms with Gasteiger partial charge < -0.3 is 20.5 Å². The second-order valence-corrected chi connectivity index (χ2v) is 8.29. The van der Waals surface area contributed by atoms with Crippen LogP contribution in [0.15, 0.2) is 29.3 Å². The molecule has 29 heavy (non-hydrogen) atoms. The highest BCUT2D eigenvalue weighted by Crippen LogP contribution is 2.14. The first kappa shape index (κ1) is 23.6. The number of aliphatic imine (C=N–C) groups is 1. The molecule has 1 unspecified atom stereocenters. The molecule has 1 heterocycles. The number of hydrogen-bond acceptors (Lipinski definition) is 4. The summed E-state index contributed by atoms with van der Waals surface area (Å²) in [7, 11) is 0. The molecule has 0 radical (unpaired) electrons. The van der Waals surface area contributed by atoms with Gasteiger partial charge >= 0.3 is 0 Å². The van der Waals surface area contributed by atoms with Crippen molar-refractivity contribution in [1.29, 1.82) is 0 Å². The number of benzene rings is 1. The van der Waals surface area contributed by atoms with Crippen molar-refractivity contribution < 1.29 is 9.84 Å². The fraction of sp³-hybridized carbons (Fsp3) is 0.696. The lowest BCUT2D eigenvalue weighted by Gasteiger charge is -2.26. The van der Waals surface area contributed by atoms with Crippen LogP contribution in [0, 0.1) is 11.8 Å². The highest BCUT2D eigenvalue weighted by Gasteiger charge is 2.12. The molecule has 0 amide bonds. The molecule has 6 heteroatoms. The molecule has 0 bridgehead atoms. The number of morpholine rings is 1. The average Bonchev–Trinajstić information content (AvgIpc) is 2.71. The number of ether oxygens (including phenoxy) is 1. The first-order valence-corrected chi connectivity index (χ1v) is 11.1. The summed E-state index contributed by atoms with van der Waals surface area (Å²) in [6.07, 6.45) is 1.94. The predicted octanol–water partition coefficient (Wildman–Crippen LogP) is 2.62. The maximum Gasteiger partial charge on any atom is 0.191 e. The molecule has 0 aliphatic carbocycles. The number of aliphatic hydroxyl groups is 1. The van der Waals surface area contributed by atoms with Gasteiger partial charge in [0.25, 0.3) is 0 Å². The normalized spacial score (nSPS) is 16.8. The van der Waals surface area contributed by atoms with Gasteiger partial charge in [-0.3, -0.25) is 4.90 Å². The van der Waals surface area contributed by atoms with Gasteiger partial charge in [-0.1, -0.05) is 38.1 Å². The van der Waals surface area contributed by atoms with Crippen molar-refractivity contribution in [3.63, 3.8) is 0 Å². The molecule has 1 atom stereocenters. The molecule has 2 rings (SSSR count). The summed E-state index contributed by atoms with van der Waals surface area (Å²) in [4.78, 5) is 7.22. The van der Waals surface area contributed by atoms with Crippen LogP contribution in [-0.4, -0.2) is 62.0 Å². The number of rotatable bonds is 11. The van der Waals surface area contributed by atoms with E-state index in [-0.39, 0.29) is 6.61 Å². The maximum atomic E-state index is 9.33. The number of nitrogens with one attached hydrogen (secondary N) is 2. The Balaban J connectivity index is 1.91. The van der Waals surface area contributed by atoms with E-state index in [0.29, 0.717) is 18.4 Å². The highest BCUT2D eigenvalue weighted by atomic mass is 16.5. The van der Waals surface area contributed by atoms with E-state index in [1.54, 1.807) is 0 Å². The molecule has 0 saturated carbocycles. The Morgan fingerprint density at radius 2 is 1.97 bits per heavy atom. The molecule has 3 N–H and O–H groups in total. The van der Waals surface area contributed by atoms with Crippen molar-refractivity contribution in [2.24, 2.45) is 16.8 Å². The van der Waals surface area contributed by atoms with Crippen LogP contribution in [0.4, 0.5) is 0 Å². The molecular weight excluding hydrogens is 364 g/mol. The zero-order valence-corrected chi connectivity index (χ0v) is 18.5. The molecule has 1 fully saturated rings. The molecular formula is C23H40N4O2. The predicted molar refractivity (Wildman–Crippen MR) is 120 cm³/mol. The zero-order chi connectivity index (χ0) is 20.9. The minimum absolute atomic E-state index is 0.239. The van der Waals surface area contributed by atoms with E-state index in [2.05, 4.69) is 60.6 Å². The van der Waals surface area contributed by atoms with Crippen LogP contribution < -0.4 is 10.6 Å². The summed E-state index contributed by atoms with van der Waals surface area (Å²) in [5, 5.41) is 16.1. The zero-order valence-electron chi connectivity index (χ0n) is 18.5. The van der Waals surface area contributed by atoms with E-state index in [1.165, 1.54) is 11.1 Å². The lowest BCUT2D eigenvalue weighted by atomic mass is 9.94. The van der Waals surface area contributed by atoms with E-state index in [9.17, 15) is 5.11 Å². The van der Waals surface area contributed by atoms with Gasteiger partial charge in [-0.05, 0) is 42.7 Å². The van der Waals surface area contributed by atoms with Crippen molar-refractivity contribution in [3.8, 4) is 0 Å². The molecule has 1 saturated heterocycles. The minimum atomic E-state index is 0.239. The minimum Gasteiger partial charge on any atom is -0.396 e. The Morgan fingerprint density at radius 1 is 1.21 bits per heavy atom. The molecule has 1 aliphatic rings. The number of nitrogens with zero attached hydrogens (tertiary/aromatic N) is 2. The van der Waals surface area contributed by atoms with Gasteiger partial charge in [0.05, 0.1) is 19.8 Å². The molecule has 1 aromatic carbocycles. The van der Waals surface area contributed by atoms with Gasteiger partial charge in [-0.25, -0.2) is 4.99 Å². The van der Waals surface area contributed by atoms with Crippen LogP contribution in [0.5, 0.6) is 0 Å². The lowest BCUT2D eigenvalue weighted by Crippen LogP contribution is -2.40. The Kier molecular flexibility index (Phi) is 11.1. The topological polar surface area (TPSA) is 69.1 Å². The Labute approximate surface area is 176 Å². The Morgan fingerprint density at radius 3 is 2.66 bits per heavy atom. The van der Waals surface area contributed by atoms with E-state index < -0.39 is 0 Å². The highest BCUT2D eigenvalue weighted by molar-refractivity contribution is 5.79. The van der Waals surface area contributed by atoms with Crippen molar-refractivity contribution in [2.75, 3.05) is 46.0 Å².